The zero-order valence-corrected chi connectivity index (χ0v) is 17.9. The second-order valence-corrected chi connectivity index (χ2v) is 7.84. The van der Waals surface area contributed by atoms with Crippen molar-refractivity contribution in [3.8, 4) is 17.1 Å². The van der Waals surface area contributed by atoms with Gasteiger partial charge in [-0.05, 0) is 44.5 Å². The molecule has 3 aromatic rings. The Bertz CT molecular complexity index is 996. The third kappa shape index (κ3) is 4.25. The minimum absolute atomic E-state index is 0.0761. The summed E-state index contributed by atoms with van der Waals surface area (Å²) in [5.41, 5.74) is 3.62. The zero-order valence-electron chi connectivity index (χ0n) is 16.4. The summed E-state index contributed by atoms with van der Waals surface area (Å²) in [5, 5.41) is 8.19. The third-order valence-corrected chi connectivity index (χ3v) is 5.62. The van der Waals surface area contributed by atoms with Crippen molar-refractivity contribution < 1.29 is 9.53 Å². The number of carbonyl (C=O) groups is 1. The van der Waals surface area contributed by atoms with Crippen molar-refractivity contribution >= 4 is 29.1 Å². The second kappa shape index (κ2) is 8.84. The second-order valence-electron chi connectivity index (χ2n) is 6.46. The Labute approximate surface area is 173 Å². The standard InChI is InChI=1S/C20H23ClN4O2S/c1-5-8-25-12(2)9-15(13(25)3)17(26)11-28-20-22-19(23-24-20)16-10-14(21)6-7-18(16)27-4/h6-7,9-10H,5,8,11H2,1-4H3,(H,22,23,24). The van der Waals surface area contributed by atoms with Gasteiger partial charge in [0.2, 0.25) is 5.16 Å². The highest BCUT2D eigenvalue weighted by Gasteiger charge is 2.17. The van der Waals surface area contributed by atoms with Crippen LogP contribution in [0.1, 0.15) is 35.1 Å². The molecule has 0 bridgehead atoms. The minimum atomic E-state index is 0.0761. The molecule has 0 saturated carbocycles. The van der Waals surface area contributed by atoms with Gasteiger partial charge in [-0.1, -0.05) is 30.3 Å². The molecule has 6 nitrogen and oxygen atoms in total. The topological polar surface area (TPSA) is 72.8 Å². The Kier molecular flexibility index (Phi) is 6.46. The normalized spacial score (nSPS) is 11.0. The first-order valence-electron chi connectivity index (χ1n) is 9.03. The van der Waals surface area contributed by atoms with Crippen LogP contribution in [0.2, 0.25) is 5.02 Å². The summed E-state index contributed by atoms with van der Waals surface area (Å²) in [6, 6.07) is 7.27. The van der Waals surface area contributed by atoms with Crippen molar-refractivity contribution in [2.45, 2.75) is 38.9 Å². The number of rotatable bonds is 8. The first kappa shape index (κ1) is 20.5. The van der Waals surface area contributed by atoms with Gasteiger partial charge in [-0.2, -0.15) is 0 Å². The van der Waals surface area contributed by atoms with Crippen LogP contribution in [-0.4, -0.2) is 38.4 Å². The van der Waals surface area contributed by atoms with Gasteiger partial charge in [0, 0.05) is 28.5 Å². The number of aromatic amines is 1. The molecule has 0 amide bonds. The summed E-state index contributed by atoms with van der Waals surface area (Å²) in [6.45, 7) is 7.08. The van der Waals surface area contributed by atoms with Crippen molar-refractivity contribution in [3.05, 3.63) is 46.2 Å². The molecule has 148 valence electrons. The van der Waals surface area contributed by atoms with Crippen molar-refractivity contribution in [3.63, 3.8) is 0 Å². The number of thioether (sulfide) groups is 1. The summed E-state index contributed by atoms with van der Waals surface area (Å²) in [7, 11) is 1.59. The van der Waals surface area contributed by atoms with E-state index in [2.05, 4.69) is 26.7 Å². The predicted octanol–water partition coefficient (Wildman–Crippen LogP) is 4.94. The van der Waals surface area contributed by atoms with Crippen LogP contribution in [0.5, 0.6) is 5.75 Å². The zero-order chi connectivity index (χ0) is 20.3. The Balaban J connectivity index is 1.72. The van der Waals surface area contributed by atoms with Gasteiger partial charge in [0.25, 0.3) is 0 Å². The lowest BCUT2D eigenvalue weighted by Crippen LogP contribution is -2.06. The van der Waals surface area contributed by atoms with E-state index in [1.807, 2.05) is 19.9 Å². The number of hydrogen-bond donors (Lipinski definition) is 1. The first-order chi connectivity index (χ1) is 13.4. The SMILES string of the molecule is CCCn1c(C)cc(C(=O)CSc2n[nH]c(-c3cc(Cl)ccc3OC)n2)c1C. The Morgan fingerprint density at radius 3 is 2.82 bits per heavy atom. The quantitative estimate of drug-likeness (QED) is 0.414. The van der Waals surface area contributed by atoms with Crippen LogP contribution >= 0.6 is 23.4 Å². The molecule has 2 heterocycles. The van der Waals surface area contributed by atoms with Crippen LogP contribution in [0.25, 0.3) is 11.4 Å². The van der Waals surface area contributed by atoms with Crippen molar-refractivity contribution in [2.75, 3.05) is 12.9 Å². The van der Waals surface area contributed by atoms with Crippen molar-refractivity contribution in [1.82, 2.24) is 19.7 Å². The monoisotopic (exact) mass is 418 g/mol. The summed E-state index contributed by atoms with van der Waals surface area (Å²) in [5.74, 6) is 1.56. The molecule has 0 spiro atoms. The van der Waals surface area contributed by atoms with E-state index in [0.29, 0.717) is 21.8 Å². The minimum Gasteiger partial charge on any atom is -0.496 e. The molecule has 0 aliphatic rings. The number of Topliss-reactive ketones (excluding diaryl/α,β-unsaturated/α-hetero) is 1. The fraction of sp³-hybridized carbons (Fsp3) is 0.350. The average molecular weight is 419 g/mol. The number of aromatic nitrogens is 4. The third-order valence-electron chi connectivity index (χ3n) is 4.54. The lowest BCUT2D eigenvalue weighted by molar-refractivity contribution is 0.102. The Hall–Kier alpha value is -2.25. The van der Waals surface area contributed by atoms with E-state index < -0.39 is 0 Å². The number of hydrogen-bond acceptors (Lipinski definition) is 5. The predicted molar refractivity (Wildman–Crippen MR) is 113 cm³/mol. The van der Waals surface area contributed by atoms with Gasteiger partial charge in [-0.15, -0.1) is 5.10 Å². The number of nitrogens with one attached hydrogen (secondary N) is 1. The Morgan fingerprint density at radius 1 is 1.32 bits per heavy atom. The van der Waals surface area contributed by atoms with Crippen molar-refractivity contribution in [2.24, 2.45) is 0 Å². The van der Waals surface area contributed by atoms with Crippen LogP contribution in [0.15, 0.2) is 29.4 Å². The maximum absolute atomic E-state index is 12.7. The van der Waals surface area contributed by atoms with Gasteiger partial charge < -0.3 is 9.30 Å². The van der Waals surface area contributed by atoms with Crippen LogP contribution in [-0.2, 0) is 6.54 Å². The summed E-state index contributed by atoms with van der Waals surface area (Å²) >= 11 is 7.39. The molecular formula is C20H23ClN4O2S. The number of ether oxygens (including phenoxy) is 1. The largest absolute Gasteiger partial charge is 0.496 e. The number of nitrogens with zero attached hydrogens (tertiary/aromatic N) is 3. The van der Waals surface area contributed by atoms with E-state index in [1.165, 1.54) is 11.8 Å². The molecule has 28 heavy (non-hydrogen) atoms. The van der Waals surface area contributed by atoms with Gasteiger partial charge in [-0.25, -0.2) is 4.98 Å². The van der Waals surface area contributed by atoms with Crippen molar-refractivity contribution in [1.29, 1.82) is 0 Å². The maximum Gasteiger partial charge on any atom is 0.209 e. The molecule has 0 fully saturated rings. The van der Waals surface area contributed by atoms with E-state index in [0.717, 1.165) is 35.5 Å². The van der Waals surface area contributed by atoms with E-state index in [9.17, 15) is 4.79 Å². The highest BCUT2D eigenvalue weighted by molar-refractivity contribution is 7.99. The number of aryl methyl sites for hydroxylation is 1. The lowest BCUT2D eigenvalue weighted by atomic mass is 10.2. The number of ketones is 1. The number of benzene rings is 1. The molecule has 0 unspecified atom stereocenters. The smallest absolute Gasteiger partial charge is 0.209 e. The van der Waals surface area contributed by atoms with Crippen LogP contribution in [0.3, 0.4) is 0 Å². The highest BCUT2D eigenvalue weighted by Crippen LogP contribution is 2.31. The molecule has 0 atom stereocenters. The van der Waals surface area contributed by atoms with Crippen LogP contribution in [0, 0.1) is 13.8 Å². The van der Waals surface area contributed by atoms with Gasteiger partial charge >= 0.3 is 0 Å². The summed E-state index contributed by atoms with van der Waals surface area (Å²) < 4.78 is 7.55. The maximum atomic E-state index is 12.7. The molecule has 0 radical (unpaired) electrons. The van der Waals surface area contributed by atoms with E-state index in [-0.39, 0.29) is 11.5 Å². The Morgan fingerprint density at radius 2 is 2.11 bits per heavy atom. The fourth-order valence-electron chi connectivity index (χ4n) is 3.16. The van der Waals surface area contributed by atoms with Gasteiger partial charge in [0.15, 0.2) is 11.6 Å². The fourth-order valence-corrected chi connectivity index (χ4v) is 4.01. The number of H-pyrrole nitrogens is 1. The van der Waals surface area contributed by atoms with E-state index >= 15 is 0 Å². The molecule has 0 saturated heterocycles. The number of methoxy groups -OCH3 is 1. The molecule has 2 aromatic heterocycles. The molecule has 3 rings (SSSR count). The average Bonchev–Trinajstić information content (AvgIpc) is 3.26. The van der Waals surface area contributed by atoms with Gasteiger partial charge in [0.05, 0.1) is 18.4 Å². The first-order valence-corrected chi connectivity index (χ1v) is 10.4. The lowest BCUT2D eigenvalue weighted by Gasteiger charge is -2.07. The molecule has 1 N–H and O–H groups in total. The molecule has 0 aliphatic carbocycles. The van der Waals surface area contributed by atoms with Crippen LogP contribution in [0.4, 0.5) is 0 Å². The highest BCUT2D eigenvalue weighted by atomic mass is 35.5. The molecule has 0 aliphatic heterocycles. The van der Waals surface area contributed by atoms with Gasteiger partial charge in [0.1, 0.15) is 5.75 Å². The number of carbonyl (C=O) groups excluding carboxylic acids is 1. The van der Waals surface area contributed by atoms with Crippen LogP contribution < -0.4 is 4.74 Å². The molecule has 1 aromatic carbocycles. The molecular weight excluding hydrogens is 396 g/mol. The van der Waals surface area contributed by atoms with Gasteiger partial charge in [-0.3, -0.25) is 9.89 Å². The summed E-state index contributed by atoms with van der Waals surface area (Å²) in [6.07, 6.45) is 1.03. The number of halogens is 1. The van der Waals surface area contributed by atoms with E-state index in [4.69, 9.17) is 16.3 Å². The van der Waals surface area contributed by atoms with E-state index in [1.54, 1.807) is 25.3 Å². The molecule has 8 heteroatoms. The summed E-state index contributed by atoms with van der Waals surface area (Å²) in [4.78, 5) is 17.2.